The van der Waals surface area contributed by atoms with E-state index in [0.717, 1.165) is 29.7 Å². The van der Waals surface area contributed by atoms with Gasteiger partial charge in [0, 0.05) is 29.6 Å². The average Bonchev–Trinajstić information content (AvgIpc) is 3.23. The van der Waals surface area contributed by atoms with E-state index in [1.54, 1.807) is 22.6 Å². The van der Waals surface area contributed by atoms with E-state index in [1.165, 1.54) is 12.4 Å². The van der Waals surface area contributed by atoms with E-state index in [-0.39, 0.29) is 11.8 Å². The Balaban J connectivity index is 1.59. The summed E-state index contributed by atoms with van der Waals surface area (Å²) in [6, 6.07) is 11.0. The van der Waals surface area contributed by atoms with Crippen molar-refractivity contribution in [3.63, 3.8) is 0 Å². The van der Waals surface area contributed by atoms with Crippen LogP contribution in [0.25, 0.3) is 16.6 Å². The first kappa shape index (κ1) is 25.9. The lowest BCUT2D eigenvalue weighted by atomic mass is 9.94. The number of carbonyl (C=O) groups excluding carboxylic acids is 1. The van der Waals surface area contributed by atoms with Gasteiger partial charge < -0.3 is 20.1 Å². The molecule has 5 rings (SSSR count). The van der Waals surface area contributed by atoms with E-state index in [1.807, 2.05) is 37.3 Å². The molecule has 10 heteroatoms. The molecule has 0 saturated carbocycles. The van der Waals surface area contributed by atoms with Gasteiger partial charge in [0.15, 0.2) is 17.3 Å². The van der Waals surface area contributed by atoms with Gasteiger partial charge in [-0.15, -0.1) is 0 Å². The summed E-state index contributed by atoms with van der Waals surface area (Å²) in [7, 11) is 1.57. The smallest absolute Gasteiger partial charge is 0.245 e. The topological polar surface area (TPSA) is 95.0 Å². The molecule has 4 aromatic rings. The zero-order valence-electron chi connectivity index (χ0n) is 21.1. The minimum absolute atomic E-state index is 0.0357. The number of ether oxygens (including phenoxy) is 2. The van der Waals surface area contributed by atoms with E-state index in [9.17, 15) is 4.79 Å². The number of rotatable bonds is 6. The van der Waals surface area contributed by atoms with Crippen molar-refractivity contribution in [2.45, 2.75) is 25.7 Å². The lowest BCUT2D eigenvalue weighted by Gasteiger charge is -2.32. The highest BCUT2D eigenvalue weighted by atomic mass is 35.5. The van der Waals surface area contributed by atoms with E-state index >= 15 is 0 Å². The van der Waals surface area contributed by atoms with E-state index in [0.29, 0.717) is 57.3 Å². The van der Waals surface area contributed by atoms with Crippen LogP contribution >= 0.6 is 23.2 Å². The number of amides is 1. The quantitative estimate of drug-likeness (QED) is 0.283. The first-order valence-corrected chi connectivity index (χ1v) is 12.9. The second kappa shape index (κ2) is 10.6. The van der Waals surface area contributed by atoms with Crippen LogP contribution in [0.4, 0.5) is 5.82 Å². The fourth-order valence-electron chi connectivity index (χ4n) is 4.93. The van der Waals surface area contributed by atoms with Crippen molar-refractivity contribution in [3.8, 4) is 28.4 Å². The molecular formula is C28H27Cl2N5O3. The zero-order chi connectivity index (χ0) is 27.0. The monoisotopic (exact) mass is 551 g/mol. The fraction of sp³-hybridized carbons (Fsp3) is 0.250. The number of nitrogens with two attached hydrogens (primary N) is 1. The molecule has 1 fully saturated rings. The van der Waals surface area contributed by atoms with E-state index in [4.69, 9.17) is 38.4 Å². The second-order valence-corrected chi connectivity index (χ2v) is 9.97. The molecule has 3 heterocycles. The predicted molar refractivity (Wildman–Crippen MR) is 149 cm³/mol. The third-order valence-electron chi connectivity index (χ3n) is 6.85. The molecule has 2 N–H and O–H groups in total. The molecule has 0 bridgehead atoms. The van der Waals surface area contributed by atoms with Crippen LogP contribution in [-0.2, 0) is 4.79 Å². The van der Waals surface area contributed by atoms with Crippen molar-refractivity contribution in [3.05, 3.63) is 76.7 Å². The Morgan fingerprint density at radius 3 is 2.76 bits per heavy atom. The number of aromatic nitrogens is 3. The number of carbonyl (C=O) groups is 1. The number of piperidine rings is 1. The van der Waals surface area contributed by atoms with Crippen LogP contribution in [0.5, 0.6) is 17.2 Å². The normalized spacial score (nSPS) is 15.5. The molecule has 1 aliphatic rings. The molecule has 38 heavy (non-hydrogen) atoms. The first-order chi connectivity index (χ1) is 18.3. The van der Waals surface area contributed by atoms with Crippen LogP contribution in [0.3, 0.4) is 0 Å². The number of methoxy groups -OCH3 is 1. The number of fused-ring (bicyclic) bond motifs is 1. The molecule has 2 aromatic heterocycles. The summed E-state index contributed by atoms with van der Waals surface area (Å²) >= 11 is 13.4. The fourth-order valence-corrected chi connectivity index (χ4v) is 5.53. The van der Waals surface area contributed by atoms with Crippen LogP contribution < -0.4 is 15.2 Å². The number of benzene rings is 2. The number of hydrogen-bond acceptors (Lipinski definition) is 6. The SMILES string of the molecule is C=CC(=O)N1CCCC(c2c(Cl)c(-c3ccc(Oc4ccc(C)c(Cl)c4)c(OC)c3)c3c(N)ncnn23)C1. The number of anilines is 1. The zero-order valence-corrected chi connectivity index (χ0v) is 22.6. The molecule has 1 aliphatic heterocycles. The molecule has 1 saturated heterocycles. The summed E-state index contributed by atoms with van der Waals surface area (Å²) in [6.07, 6.45) is 4.44. The highest BCUT2D eigenvalue weighted by molar-refractivity contribution is 6.35. The van der Waals surface area contributed by atoms with Gasteiger partial charge >= 0.3 is 0 Å². The molecule has 1 unspecified atom stereocenters. The molecular weight excluding hydrogens is 525 g/mol. The summed E-state index contributed by atoms with van der Waals surface area (Å²) < 4.78 is 13.5. The third-order valence-corrected chi connectivity index (χ3v) is 7.64. The maximum Gasteiger partial charge on any atom is 0.245 e. The highest BCUT2D eigenvalue weighted by Crippen LogP contribution is 2.45. The molecule has 196 valence electrons. The Labute approximate surface area is 230 Å². The van der Waals surface area contributed by atoms with Gasteiger partial charge in [-0.05, 0) is 61.2 Å². The van der Waals surface area contributed by atoms with Crippen LogP contribution in [-0.4, -0.2) is 45.6 Å². The van der Waals surface area contributed by atoms with E-state index in [2.05, 4.69) is 16.7 Å². The predicted octanol–water partition coefficient (Wildman–Crippen LogP) is 6.29. The van der Waals surface area contributed by atoms with Gasteiger partial charge in [-0.25, -0.2) is 9.50 Å². The minimum Gasteiger partial charge on any atom is -0.493 e. The van der Waals surface area contributed by atoms with Gasteiger partial charge in [0.05, 0.1) is 17.8 Å². The van der Waals surface area contributed by atoms with Gasteiger partial charge in [0.2, 0.25) is 5.91 Å². The number of nitrogen functional groups attached to an aromatic ring is 1. The standard InChI is InChI=1S/C28H27Cl2N5O3/c1-4-23(36)34-11-5-6-18(14-34)26-25(30)24(27-28(31)32-15-33-35(26)27)17-8-10-21(22(12-17)37-3)38-19-9-7-16(2)20(29)13-19/h4,7-10,12-13,15,18H,1,5-6,11,14H2,2-3H3,(H2,31,32,33). The Hall–Kier alpha value is -3.75. The lowest BCUT2D eigenvalue weighted by molar-refractivity contribution is -0.127. The molecule has 1 amide bonds. The van der Waals surface area contributed by atoms with E-state index < -0.39 is 0 Å². The Kier molecular flexibility index (Phi) is 7.19. The molecule has 0 spiro atoms. The van der Waals surface area contributed by atoms with Crippen molar-refractivity contribution >= 4 is 40.4 Å². The van der Waals surface area contributed by atoms with Crippen molar-refractivity contribution in [1.82, 2.24) is 19.5 Å². The summed E-state index contributed by atoms with van der Waals surface area (Å²) in [5.41, 5.74) is 10.2. The van der Waals surface area contributed by atoms with Crippen LogP contribution in [0.2, 0.25) is 10.0 Å². The lowest BCUT2D eigenvalue weighted by Crippen LogP contribution is -2.38. The molecule has 1 atom stereocenters. The molecule has 0 aliphatic carbocycles. The summed E-state index contributed by atoms with van der Waals surface area (Å²) in [4.78, 5) is 18.3. The molecule has 8 nitrogen and oxygen atoms in total. The highest BCUT2D eigenvalue weighted by Gasteiger charge is 2.31. The Morgan fingerprint density at radius 1 is 1.21 bits per heavy atom. The Bertz CT molecular complexity index is 1550. The van der Waals surface area contributed by atoms with Gasteiger partial charge in [-0.2, -0.15) is 5.10 Å². The average molecular weight is 552 g/mol. The van der Waals surface area contributed by atoms with Crippen molar-refractivity contribution in [2.75, 3.05) is 25.9 Å². The van der Waals surface area contributed by atoms with Gasteiger partial charge in [-0.1, -0.05) is 41.9 Å². The summed E-state index contributed by atoms with van der Waals surface area (Å²) in [5.74, 6) is 1.78. The van der Waals surface area contributed by atoms with Crippen LogP contribution in [0.15, 0.2) is 55.4 Å². The van der Waals surface area contributed by atoms with Crippen molar-refractivity contribution < 1.29 is 14.3 Å². The number of likely N-dealkylation sites (tertiary alicyclic amines) is 1. The number of nitrogens with zero attached hydrogens (tertiary/aromatic N) is 4. The van der Waals surface area contributed by atoms with Gasteiger partial charge in [0.25, 0.3) is 0 Å². The van der Waals surface area contributed by atoms with Crippen LogP contribution in [0.1, 0.15) is 30.0 Å². The Morgan fingerprint density at radius 2 is 2.03 bits per heavy atom. The number of hydrogen-bond donors (Lipinski definition) is 1. The van der Waals surface area contributed by atoms with Crippen molar-refractivity contribution in [1.29, 1.82) is 0 Å². The largest absolute Gasteiger partial charge is 0.493 e. The second-order valence-electron chi connectivity index (χ2n) is 9.19. The first-order valence-electron chi connectivity index (χ1n) is 12.2. The van der Waals surface area contributed by atoms with Crippen LogP contribution in [0, 0.1) is 6.92 Å². The maximum atomic E-state index is 12.3. The van der Waals surface area contributed by atoms with Gasteiger partial charge in [0.1, 0.15) is 17.6 Å². The van der Waals surface area contributed by atoms with Gasteiger partial charge in [-0.3, -0.25) is 4.79 Å². The molecule has 0 radical (unpaired) electrons. The maximum absolute atomic E-state index is 12.3. The minimum atomic E-state index is -0.101. The number of aryl methyl sites for hydroxylation is 1. The summed E-state index contributed by atoms with van der Waals surface area (Å²) in [6.45, 7) is 6.74. The molecule has 2 aromatic carbocycles. The van der Waals surface area contributed by atoms with Crippen molar-refractivity contribution in [2.24, 2.45) is 0 Å². The number of halogens is 2. The summed E-state index contributed by atoms with van der Waals surface area (Å²) in [5, 5.41) is 5.62. The third kappa shape index (κ3) is 4.66.